The van der Waals surface area contributed by atoms with Crippen LogP contribution in [-0.4, -0.2) is 17.0 Å². The molecule has 0 spiro atoms. The first-order valence-electron chi connectivity index (χ1n) is 6.45. The second-order valence-electron chi connectivity index (χ2n) is 4.96. The van der Waals surface area contributed by atoms with Crippen molar-refractivity contribution in [3.8, 4) is 11.4 Å². The van der Waals surface area contributed by atoms with E-state index in [9.17, 15) is 4.39 Å². The SMILES string of the molecule is CNc1nc(-c2cc(F)ccc2C)nc(C(C)C)c1I. The fourth-order valence-corrected chi connectivity index (χ4v) is 3.10. The van der Waals surface area contributed by atoms with Gasteiger partial charge in [-0.1, -0.05) is 19.9 Å². The van der Waals surface area contributed by atoms with Gasteiger partial charge in [0.05, 0.1) is 9.26 Å². The zero-order valence-electron chi connectivity index (χ0n) is 12.0. The predicted molar refractivity (Wildman–Crippen MR) is 88.5 cm³/mol. The number of anilines is 1. The molecule has 1 aromatic carbocycles. The van der Waals surface area contributed by atoms with Crippen LogP contribution in [0.1, 0.15) is 31.0 Å². The molecule has 0 saturated carbocycles. The van der Waals surface area contributed by atoms with Gasteiger partial charge < -0.3 is 5.32 Å². The molecule has 20 heavy (non-hydrogen) atoms. The summed E-state index contributed by atoms with van der Waals surface area (Å²) >= 11 is 2.25. The summed E-state index contributed by atoms with van der Waals surface area (Å²) in [5.74, 6) is 1.35. The highest BCUT2D eigenvalue weighted by Gasteiger charge is 2.16. The van der Waals surface area contributed by atoms with Crippen molar-refractivity contribution in [1.82, 2.24) is 9.97 Å². The van der Waals surface area contributed by atoms with Crippen LogP contribution >= 0.6 is 22.6 Å². The van der Waals surface area contributed by atoms with E-state index in [0.29, 0.717) is 5.82 Å². The van der Waals surface area contributed by atoms with Gasteiger partial charge in [0.1, 0.15) is 11.6 Å². The molecule has 1 aromatic heterocycles. The lowest BCUT2D eigenvalue weighted by molar-refractivity contribution is 0.627. The number of halogens is 2. The first kappa shape index (κ1) is 15.2. The quantitative estimate of drug-likeness (QED) is 0.798. The monoisotopic (exact) mass is 385 g/mol. The lowest BCUT2D eigenvalue weighted by atomic mass is 10.1. The van der Waals surface area contributed by atoms with E-state index in [0.717, 1.165) is 26.2 Å². The molecule has 1 heterocycles. The van der Waals surface area contributed by atoms with Crippen LogP contribution in [0.15, 0.2) is 18.2 Å². The van der Waals surface area contributed by atoms with Crippen LogP contribution in [0.25, 0.3) is 11.4 Å². The first-order chi connectivity index (χ1) is 9.43. The molecular weight excluding hydrogens is 368 g/mol. The molecule has 5 heteroatoms. The third kappa shape index (κ3) is 2.92. The van der Waals surface area contributed by atoms with Crippen molar-refractivity contribution in [2.24, 2.45) is 0 Å². The smallest absolute Gasteiger partial charge is 0.162 e. The zero-order valence-corrected chi connectivity index (χ0v) is 14.1. The molecule has 2 aromatic rings. The Labute approximate surface area is 132 Å². The van der Waals surface area contributed by atoms with Gasteiger partial charge in [-0.25, -0.2) is 14.4 Å². The molecule has 3 nitrogen and oxygen atoms in total. The van der Waals surface area contributed by atoms with Gasteiger partial charge in [-0.15, -0.1) is 0 Å². The molecule has 0 atom stereocenters. The summed E-state index contributed by atoms with van der Waals surface area (Å²) in [6.45, 7) is 6.11. The average molecular weight is 385 g/mol. The van der Waals surface area contributed by atoms with Crippen molar-refractivity contribution in [3.63, 3.8) is 0 Å². The Bertz CT molecular complexity index is 641. The van der Waals surface area contributed by atoms with E-state index in [-0.39, 0.29) is 11.7 Å². The molecule has 0 radical (unpaired) electrons. The van der Waals surface area contributed by atoms with Crippen LogP contribution in [-0.2, 0) is 0 Å². The molecule has 2 rings (SSSR count). The summed E-state index contributed by atoms with van der Waals surface area (Å²) in [6.07, 6.45) is 0. The highest BCUT2D eigenvalue weighted by Crippen LogP contribution is 2.29. The molecule has 0 fully saturated rings. The maximum Gasteiger partial charge on any atom is 0.162 e. The van der Waals surface area contributed by atoms with E-state index in [2.05, 4.69) is 51.7 Å². The lowest BCUT2D eigenvalue weighted by Crippen LogP contribution is -2.07. The number of hydrogen-bond donors (Lipinski definition) is 1. The second-order valence-corrected chi connectivity index (χ2v) is 6.04. The van der Waals surface area contributed by atoms with Crippen molar-refractivity contribution in [3.05, 3.63) is 38.8 Å². The number of benzene rings is 1. The van der Waals surface area contributed by atoms with Crippen molar-refractivity contribution < 1.29 is 4.39 Å². The minimum atomic E-state index is -0.273. The third-order valence-electron chi connectivity index (χ3n) is 3.10. The van der Waals surface area contributed by atoms with E-state index in [4.69, 9.17) is 0 Å². The Morgan fingerprint density at radius 1 is 1.25 bits per heavy atom. The molecule has 0 saturated heterocycles. The van der Waals surface area contributed by atoms with Crippen LogP contribution in [0.4, 0.5) is 10.2 Å². The van der Waals surface area contributed by atoms with E-state index in [1.807, 2.05) is 14.0 Å². The van der Waals surface area contributed by atoms with Crippen molar-refractivity contribution in [1.29, 1.82) is 0 Å². The Morgan fingerprint density at radius 3 is 2.55 bits per heavy atom. The summed E-state index contributed by atoms with van der Waals surface area (Å²) in [5, 5.41) is 3.08. The van der Waals surface area contributed by atoms with Gasteiger partial charge in [0.15, 0.2) is 5.82 Å². The standard InChI is InChI=1S/C15H17FIN3/c1-8(2)13-12(17)15(18-4)20-14(19-13)11-7-10(16)6-5-9(11)3/h5-8H,1-4H3,(H,18,19,20). The summed E-state index contributed by atoms with van der Waals surface area (Å²) in [4.78, 5) is 9.14. The highest BCUT2D eigenvalue weighted by molar-refractivity contribution is 14.1. The predicted octanol–water partition coefficient (Wildman–Crippen LogP) is 4.36. The third-order valence-corrected chi connectivity index (χ3v) is 4.16. The van der Waals surface area contributed by atoms with Gasteiger partial charge in [-0.3, -0.25) is 0 Å². The maximum absolute atomic E-state index is 13.5. The molecule has 0 unspecified atom stereocenters. The Balaban J connectivity index is 2.68. The zero-order chi connectivity index (χ0) is 14.9. The molecule has 0 bridgehead atoms. The molecule has 0 amide bonds. The molecule has 0 aliphatic heterocycles. The number of rotatable bonds is 3. The summed E-state index contributed by atoms with van der Waals surface area (Å²) in [6, 6.07) is 4.69. The molecule has 1 N–H and O–H groups in total. The number of nitrogens with zero attached hydrogens (tertiary/aromatic N) is 2. The fraction of sp³-hybridized carbons (Fsp3) is 0.333. The number of nitrogens with one attached hydrogen (secondary N) is 1. The number of aromatic nitrogens is 2. The molecule has 106 valence electrons. The number of hydrogen-bond acceptors (Lipinski definition) is 3. The lowest BCUT2D eigenvalue weighted by Gasteiger charge is -2.14. The molecular formula is C15H17FIN3. The first-order valence-corrected chi connectivity index (χ1v) is 7.53. The second kappa shape index (κ2) is 6.03. The van der Waals surface area contributed by atoms with Crippen molar-refractivity contribution in [2.75, 3.05) is 12.4 Å². The topological polar surface area (TPSA) is 37.8 Å². The number of aryl methyl sites for hydroxylation is 1. The van der Waals surface area contributed by atoms with Gasteiger partial charge in [0.2, 0.25) is 0 Å². The van der Waals surface area contributed by atoms with Gasteiger partial charge in [0.25, 0.3) is 0 Å². The maximum atomic E-state index is 13.5. The summed E-state index contributed by atoms with van der Waals surface area (Å²) < 4.78 is 14.5. The minimum Gasteiger partial charge on any atom is -0.372 e. The fourth-order valence-electron chi connectivity index (χ4n) is 1.97. The van der Waals surface area contributed by atoms with Crippen LogP contribution in [0.2, 0.25) is 0 Å². The van der Waals surface area contributed by atoms with E-state index < -0.39 is 0 Å². The van der Waals surface area contributed by atoms with E-state index >= 15 is 0 Å². The summed E-state index contributed by atoms with van der Waals surface area (Å²) in [7, 11) is 1.83. The van der Waals surface area contributed by atoms with E-state index in [1.54, 1.807) is 6.07 Å². The van der Waals surface area contributed by atoms with Crippen LogP contribution in [0.5, 0.6) is 0 Å². The highest BCUT2D eigenvalue weighted by atomic mass is 127. The van der Waals surface area contributed by atoms with Gasteiger partial charge >= 0.3 is 0 Å². The largest absolute Gasteiger partial charge is 0.372 e. The van der Waals surface area contributed by atoms with Gasteiger partial charge in [0, 0.05) is 12.6 Å². The Morgan fingerprint density at radius 2 is 1.95 bits per heavy atom. The van der Waals surface area contributed by atoms with Crippen LogP contribution < -0.4 is 5.32 Å². The average Bonchev–Trinajstić information content (AvgIpc) is 2.41. The van der Waals surface area contributed by atoms with Gasteiger partial charge in [-0.2, -0.15) is 0 Å². The molecule has 0 aliphatic carbocycles. The van der Waals surface area contributed by atoms with E-state index in [1.165, 1.54) is 12.1 Å². The van der Waals surface area contributed by atoms with Crippen LogP contribution in [0.3, 0.4) is 0 Å². The molecule has 0 aliphatic rings. The summed E-state index contributed by atoms with van der Waals surface area (Å²) in [5.41, 5.74) is 2.67. The normalized spacial score (nSPS) is 10.9. The van der Waals surface area contributed by atoms with Crippen LogP contribution in [0, 0.1) is 16.3 Å². The Kier molecular flexibility index (Phi) is 4.57. The van der Waals surface area contributed by atoms with Gasteiger partial charge in [-0.05, 0) is 53.1 Å². The van der Waals surface area contributed by atoms with Crippen molar-refractivity contribution >= 4 is 28.4 Å². The Hall–Kier alpha value is -1.24. The van der Waals surface area contributed by atoms with Crippen molar-refractivity contribution in [2.45, 2.75) is 26.7 Å². The minimum absolute atomic E-state index is 0.273.